The van der Waals surface area contributed by atoms with E-state index in [-0.39, 0.29) is 30.5 Å². The summed E-state index contributed by atoms with van der Waals surface area (Å²) in [6, 6.07) is 9.19. The molecule has 3 amide bonds. The van der Waals surface area contributed by atoms with Gasteiger partial charge in [-0.25, -0.2) is 14.8 Å². The predicted octanol–water partition coefficient (Wildman–Crippen LogP) is 5.35. The fourth-order valence-corrected chi connectivity index (χ4v) is 5.06. The zero-order valence-corrected chi connectivity index (χ0v) is 20.4. The van der Waals surface area contributed by atoms with Crippen molar-refractivity contribution in [1.29, 1.82) is 0 Å². The Balaban J connectivity index is 1.10. The van der Waals surface area contributed by atoms with Crippen molar-refractivity contribution in [3.05, 3.63) is 54.4 Å². The van der Waals surface area contributed by atoms with Crippen molar-refractivity contribution in [3.63, 3.8) is 0 Å². The van der Waals surface area contributed by atoms with Crippen molar-refractivity contribution < 1.29 is 32.2 Å². The number of amides is 3. The number of aromatic nitrogens is 2. The van der Waals surface area contributed by atoms with E-state index in [1.807, 2.05) is 18.2 Å². The van der Waals surface area contributed by atoms with Crippen LogP contribution in [0.2, 0.25) is 0 Å². The lowest BCUT2D eigenvalue weighted by Gasteiger charge is -2.33. The van der Waals surface area contributed by atoms with Crippen molar-refractivity contribution in [1.82, 2.24) is 14.9 Å². The molecule has 2 saturated carbocycles. The van der Waals surface area contributed by atoms with Crippen molar-refractivity contribution in [2.75, 3.05) is 11.4 Å². The molecule has 198 valence electrons. The molecule has 3 aromatic rings. The van der Waals surface area contributed by atoms with Crippen LogP contribution in [0.25, 0.3) is 10.9 Å². The van der Waals surface area contributed by atoms with E-state index >= 15 is 0 Å². The topological polar surface area (TPSA) is 84.9 Å². The number of benzene rings is 2. The molecule has 0 bridgehead atoms. The van der Waals surface area contributed by atoms with E-state index in [1.165, 1.54) is 23.4 Å². The smallest absolute Gasteiger partial charge is 0.416 e. The van der Waals surface area contributed by atoms with Crippen molar-refractivity contribution in [3.8, 4) is 11.6 Å². The van der Waals surface area contributed by atoms with E-state index in [2.05, 4.69) is 9.97 Å². The Morgan fingerprint density at radius 1 is 0.868 bits per heavy atom. The number of carbonyl (C=O) groups excluding carboxylic acids is 2. The monoisotopic (exact) mass is 526 g/mol. The van der Waals surface area contributed by atoms with Gasteiger partial charge in [0.1, 0.15) is 24.7 Å². The number of halogens is 3. The van der Waals surface area contributed by atoms with Gasteiger partial charge in [0.05, 0.1) is 22.6 Å². The highest BCUT2D eigenvalue weighted by molar-refractivity contribution is 6.12. The van der Waals surface area contributed by atoms with Gasteiger partial charge in [0.15, 0.2) is 0 Å². The summed E-state index contributed by atoms with van der Waals surface area (Å²) in [4.78, 5) is 36.8. The summed E-state index contributed by atoms with van der Waals surface area (Å²) in [5.41, 5.74) is -0.0842. The third kappa shape index (κ3) is 4.84. The molecule has 3 aliphatic rings. The second kappa shape index (κ2) is 9.45. The number of rotatable bonds is 6. The number of hydrogen-bond donors (Lipinski definition) is 0. The van der Waals surface area contributed by atoms with E-state index in [0.29, 0.717) is 31.6 Å². The van der Waals surface area contributed by atoms with Crippen LogP contribution in [0.1, 0.15) is 44.1 Å². The minimum atomic E-state index is -4.54. The van der Waals surface area contributed by atoms with E-state index in [9.17, 15) is 22.8 Å². The lowest BCUT2D eigenvalue weighted by Crippen LogP contribution is -2.44. The quantitative estimate of drug-likeness (QED) is 0.403. The maximum absolute atomic E-state index is 13.1. The first-order chi connectivity index (χ1) is 18.3. The number of carbonyl (C=O) groups is 2. The molecule has 0 unspecified atom stereocenters. The Kier molecular flexibility index (Phi) is 6.08. The average Bonchev–Trinajstić information content (AvgIpc) is 3.66. The molecule has 8 nitrogen and oxygen atoms in total. The number of ether oxygens (including phenoxy) is 2. The fourth-order valence-electron chi connectivity index (χ4n) is 5.06. The number of anilines is 1. The Labute approximate surface area is 216 Å². The van der Waals surface area contributed by atoms with Crippen LogP contribution in [0.3, 0.4) is 0 Å². The van der Waals surface area contributed by atoms with E-state index in [1.54, 1.807) is 0 Å². The van der Waals surface area contributed by atoms with Crippen LogP contribution >= 0.6 is 0 Å². The Bertz CT molecular complexity index is 1390. The van der Waals surface area contributed by atoms with Crippen molar-refractivity contribution >= 4 is 28.5 Å². The maximum atomic E-state index is 13.1. The van der Waals surface area contributed by atoms with Crippen LogP contribution in [-0.4, -0.2) is 51.6 Å². The summed E-state index contributed by atoms with van der Waals surface area (Å²) < 4.78 is 51.5. The maximum Gasteiger partial charge on any atom is 0.416 e. The Hall–Kier alpha value is -3.89. The molecule has 2 aromatic carbocycles. The van der Waals surface area contributed by atoms with Crippen LogP contribution in [0.15, 0.2) is 48.8 Å². The number of hydrogen-bond acceptors (Lipinski definition) is 6. The molecule has 1 saturated heterocycles. The van der Waals surface area contributed by atoms with E-state index < -0.39 is 23.7 Å². The Morgan fingerprint density at radius 2 is 1.61 bits per heavy atom. The fraction of sp³-hybridized carbons (Fsp3) is 0.407. The number of imide groups is 1. The largest absolute Gasteiger partial charge is 0.490 e. The van der Waals surface area contributed by atoms with Crippen LogP contribution in [-0.2, 0) is 11.0 Å². The molecule has 0 N–H and O–H groups in total. The third-order valence-corrected chi connectivity index (χ3v) is 7.17. The first-order valence-electron chi connectivity index (χ1n) is 12.6. The van der Waals surface area contributed by atoms with Gasteiger partial charge < -0.3 is 9.47 Å². The van der Waals surface area contributed by atoms with Gasteiger partial charge in [-0.1, -0.05) is 6.07 Å². The SMILES string of the molecule is O=C1CN(c2cccc(C(F)(F)F)c2)C(=O)N1[C@H]1CC[C@@H](Oc2ncnc3cc(OC4CC4)ccc23)CC1. The molecular formula is C27H25F3N4O4. The molecule has 2 heterocycles. The third-order valence-electron chi connectivity index (χ3n) is 7.17. The van der Waals surface area contributed by atoms with Crippen LogP contribution in [0.4, 0.5) is 23.7 Å². The lowest BCUT2D eigenvalue weighted by atomic mass is 9.92. The highest BCUT2D eigenvalue weighted by Gasteiger charge is 2.43. The van der Waals surface area contributed by atoms with Crippen molar-refractivity contribution in [2.24, 2.45) is 0 Å². The van der Waals surface area contributed by atoms with Crippen LogP contribution in [0, 0.1) is 0 Å². The van der Waals surface area contributed by atoms with Gasteiger partial charge in [-0.05, 0) is 68.9 Å². The van der Waals surface area contributed by atoms with Gasteiger partial charge in [0, 0.05) is 17.8 Å². The molecule has 11 heteroatoms. The highest BCUT2D eigenvalue weighted by atomic mass is 19.4. The van der Waals surface area contributed by atoms with Gasteiger partial charge in [-0.2, -0.15) is 13.2 Å². The van der Waals surface area contributed by atoms with Gasteiger partial charge in [-0.3, -0.25) is 14.6 Å². The molecule has 2 aliphatic carbocycles. The van der Waals surface area contributed by atoms with Gasteiger partial charge in [0.2, 0.25) is 5.88 Å². The molecule has 1 aromatic heterocycles. The summed E-state index contributed by atoms with van der Waals surface area (Å²) in [6.45, 7) is -0.282. The molecule has 0 spiro atoms. The number of urea groups is 1. The number of fused-ring (bicyclic) bond motifs is 1. The summed E-state index contributed by atoms with van der Waals surface area (Å²) in [5, 5.41) is 0.777. The summed E-state index contributed by atoms with van der Waals surface area (Å²) >= 11 is 0. The first kappa shape index (κ1) is 24.4. The van der Waals surface area contributed by atoms with Gasteiger partial charge in [0.25, 0.3) is 5.91 Å². The van der Waals surface area contributed by atoms with E-state index in [4.69, 9.17) is 9.47 Å². The second-order valence-electron chi connectivity index (χ2n) is 9.90. The van der Waals surface area contributed by atoms with Gasteiger partial charge in [-0.15, -0.1) is 0 Å². The minimum Gasteiger partial charge on any atom is -0.490 e. The highest BCUT2D eigenvalue weighted by Crippen LogP contribution is 2.35. The predicted molar refractivity (Wildman–Crippen MR) is 131 cm³/mol. The van der Waals surface area contributed by atoms with Crippen molar-refractivity contribution in [2.45, 2.75) is 63.0 Å². The minimum absolute atomic E-state index is 0.0547. The Morgan fingerprint density at radius 3 is 2.34 bits per heavy atom. The summed E-state index contributed by atoms with van der Waals surface area (Å²) in [7, 11) is 0. The van der Waals surface area contributed by atoms with E-state index in [0.717, 1.165) is 46.5 Å². The first-order valence-corrected chi connectivity index (χ1v) is 12.6. The standard InChI is InChI=1S/C27H25F3N4O4/c28-27(29,30)16-2-1-3-18(12-16)33-14-24(35)34(26(33)36)17-4-6-20(7-5-17)38-25-22-11-10-21(37-19-8-9-19)13-23(22)31-15-32-25/h1-3,10-13,15,17,19-20H,4-9,14H2/t17-,20+. The van der Waals surface area contributed by atoms with Crippen LogP contribution in [0.5, 0.6) is 11.6 Å². The lowest BCUT2D eigenvalue weighted by molar-refractivity contribution is -0.137. The average molecular weight is 527 g/mol. The number of nitrogens with zero attached hydrogens (tertiary/aromatic N) is 4. The zero-order valence-electron chi connectivity index (χ0n) is 20.4. The zero-order chi connectivity index (χ0) is 26.4. The van der Waals surface area contributed by atoms with Gasteiger partial charge >= 0.3 is 12.2 Å². The molecule has 0 radical (unpaired) electrons. The second-order valence-corrected chi connectivity index (χ2v) is 9.90. The number of alkyl halides is 3. The molecule has 6 rings (SSSR count). The molecular weight excluding hydrogens is 501 g/mol. The van der Waals surface area contributed by atoms with Crippen LogP contribution < -0.4 is 14.4 Å². The molecule has 38 heavy (non-hydrogen) atoms. The molecule has 0 atom stereocenters. The normalized spacial score (nSPS) is 22.3. The summed E-state index contributed by atoms with van der Waals surface area (Å²) in [6.07, 6.45) is 1.43. The molecule has 3 fully saturated rings. The summed E-state index contributed by atoms with van der Waals surface area (Å²) in [5.74, 6) is 0.826. The molecule has 1 aliphatic heterocycles.